The third-order valence-electron chi connectivity index (χ3n) is 5.54. The van der Waals surface area contributed by atoms with Gasteiger partial charge in [-0.15, -0.1) is 0 Å². The van der Waals surface area contributed by atoms with Gasteiger partial charge in [0.1, 0.15) is 0 Å². The zero-order valence-electron chi connectivity index (χ0n) is 26.7. The average molecular weight is 615 g/mol. The molecule has 0 radical (unpaired) electrons. The molecule has 0 aliphatic rings. The van der Waals surface area contributed by atoms with Crippen LogP contribution in [0.25, 0.3) is 0 Å². The van der Waals surface area contributed by atoms with Crippen molar-refractivity contribution in [3.05, 3.63) is 0 Å². The van der Waals surface area contributed by atoms with Crippen LogP contribution in [0.4, 0.5) is 0 Å². The molecule has 0 amide bonds. The van der Waals surface area contributed by atoms with E-state index in [2.05, 4.69) is 6.92 Å². The zero-order chi connectivity index (χ0) is 30.3. The first-order valence-corrected chi connectivity index (χ1v) is 15.8. The molecule has 0 saturated heterocycles. The number of hydrogen-bond donors (Lipinski definition) is 0. The number of ether oxygens (including phenoxy) is 12. The smallest absolute Gasteiger partial charge is 0.0701 e. The molecule has 0 unspecified atom stereocenters. The molecule has 0 aliphatic carbocycles. The van der Waals surface area contributed by atoms with Crippen LogP contribution >= 0.6 is 0 Å². The van der Waals surface area contributed by atoms with E-state index in [0.29, 0.717) is 145 Å². The highest BCUT2D eigenvalue weighted by atomic mass is 16.6. The topological polar surface area (TPSA) is 111 Å². The fraction of sp³-hybridized carbons (Fsp3) is 1.00. The minimum atomic E-state index is 0.521. The molecular formula is C30H62O12. The van der Waals surface area contributed by atoms with Gasteiger partial charge in [0.25, 0.3) is 0 Å². The molecule has 0 aliphatic heterocycles. The Labute approximate surface area is 255 Å². The Morgan fingerprint density at radius 2 is 0.452 bits per heavy atom. The second-order valence-electron chi connectivity index (χ2n) is 9.14. The van der Waals surface area contributed by atoms with Crippen LogP contribution in [0.3, 0.4) is 0 Å². The van der Waals surface area contributed by atoms with Crippen molar-refractivity contribution < 1.29 is 56.8 Å². The summed E-state index contributed by atoms with van der Waals surface area (Å²) in [6.07, 6.45) is 6.29. The monoisotopic (exact) mass is 614 g/mol. The van der Waals surface area contributed by atoms with Gasteiger partial charge in [0.15, 0.2) is 0 Å². The molecule has 0 atom stereocenters. The van der Waals surface area contributed by atoms with E-state index in [9.17, 15) is 0 Å². The van der Waals surface area contributed by atoms with Gasteiger partial charge in [0, 0.05) is 13.7 Å². The van der Waals surface area contributed by atoms with Gasteiger partial charge in [-0.2, -0.15) is 0 Å². The van der Waals surface area contributed by atoms with Crippen molar-refractivity contribution in [3.8, 4) is 0 Å². The van der Waals surface area contributed by atoms with Gasteiger partial charge >= 0.3 is 0 Å². The predicted octanol–water partition coefficient (Wildman–Crippen LogP) is 2.79. The highest BCUT2D eigenvalue weighted by Crippen LogP contribution is 2.02. The van der Waals surface area contributed by atoms with Gasteiger partial charge in [-0.3, -0.25) is 0 Å². The zero-order valence-corrected chi connectivity index (χ0v) is 26.7. The number of rotatable bonds is 39. The van der Waals surface area contributed by atoms with E-state index in [1.807, 2.05) is 0 Å². The first kappa shape index (κ1) is 41.5. The van der Waals surface area contributed by atoms with E-state index in [4.69, 9.17) is 56.8 Å². The molecule has 12 nitrogen and oxygen atoms in total. The summed E-state index contributed by atoms with van der Waals surface area (Å²) in [5.74, 6) is 0. The maximum atomic E-state index is 5.56. The minimum absolute atomic E-state index is 0.521. The van der Waals surface area contributed by atoms with Crippen molar-refractivity contribution in [1.82, 2.24) is 0 Å². The van der Waals surface area contributed by atoms with Crippen LogP contribution < -0.4 is 0 Å². The van der Waals surface area contributed by atoms with E-state index in [1.54, 1.807) is 7.11 Å². The molecule has 0 aromatic rings. The van der Waals surface area contributed by atoms with Crippen LogP contribution in [0, 0.1) is 0 Å². The van der Waals surface area contributed by atoms with Crippen LogP contribution in [-0.4, -0.2) is 159 Å². The number of hydrogen-bond acceptors (Lipinski definition) is 12. The lowest BCUT2D eigenvalue weighted by Crippen LogP contribution is -2.15. The van der Waals surface area contributed by atoms with E-state index in [1.165, 1.54) is 25.7 Å². The second-order valence-corrected chi connectivity index (χ2v) is 9.14. The van der Waals surface area contributed by atoms with E-state index < -0.39 is 0 Å². The van der Waals surface area contributed by atoms with Crippen molar-refractivity contribution in [2.75, 3.05) is 159 Å². The SMILES string of the molecule is CCCCCCCOCCOCCOCCOCCOCCOCCOCCOCCOCCOCCOCCOC. The first-order valence-electron chi connectivity index (χ1n) is 15.8. The molecule has 0 saturated carbocycles. The summed E-state index contributed by atoms with van der Waals surface area (Å²) in [6, 6.07) is 0. The van der Waals surface area contributed by atoms with Gasteiger partial charge in [-0.1, -0.05) is 32.6 Å². The fourth-order valence-electron chi connectivity index (χ4n) is 3.25. The van der Waals surface area contributed by atoms with Crippen LogP contribution in [0.1, 0.15) is 39.0 Å². The Morgan fingerprint density at radius 3 is 0.690 bits per heavy atom. The second kappa shape index (κ2) is 40.5. The summed E-state index contributed by atoms with van der Waals surface area (Å²) in [5.41, 5.74) is 0. The van der Waals surface area contributed by atoms with Crippen LogP contribution in [0.15, 0.2) is 0 Å². The summed E-state index contributed by atoms with van der Waals surface area (Å²) >= 11 is 0. The quantitative estimate of drug-likeness (QED) is 0.0950. The first-order chi connectivity index (χ1) is 20.9. The van der Waals surface area contributed by atoms with Crippen molar-refractivity contribution >= 4 is 0 Å². The third kappa shape index (κ3) is 39.5. The summed E-state index contributed by atoms with van der Waals surface area (Å²) in [4.78, 5) is 0. The third-order valence-corrected chi connectivity index (χ3v) is 5.54. The van der Waals surface area contributed by atoms with Crippen LogP contribution in [-0.2, 0) is 56.8 Å². The highest BCUT2D eigenvalue weighted by Gasteiger charge is 1.96. The molecule has 0 spiro atoms. The van der Waals surface area contributed by atoms with E-state index in [-0.39, 0.29) is 0 Å². The van der Waals surface area contributed by atoms with Gasteiger partial charge in [-0.25, -0.2) is 0 Å². The normalized spacial score (nSPS) is 11.6. The maximum absolute atomic E-state index is 5.56. The predicted molar refractivity (Wildman–Crippen MR) is 160 cm³/mol. The Morgan fingerprint density at radius 1 is 0.238 bits per heavy atom. The van der Waals surface area contributed by atoms with Gasteiger partial charge < -0.3 is 56.8 Å². The molecule has 0 heterocycles. The standard InChI is InChI=1S/C30H62O12/c1-3-4-5-6-7-8-32-11-12-34-15-16-36-19-20-38-23-24-40-27-28-42-30-29-41-26-25-39-22-21-37-18-17-35-14-13-33-10-9-31-2/h3-30H2,1-2H3. The number of methoxy groups -OCH3 is 1. The van der Waals surface area contributed by atoms with Crippen LogP contribution in [0.2, 0.25) is 0 Å². The van der Waals surface area contributed by atoms with Crippen LogP contribution in [0.5, 0.6) is 0 Å². The molecule has 12 heteroatoms. The van der Waals surface area contributed by atoms with Gasteiger partial charge in [0.2, 0.25) is 0 Å². The molecular weight excluding hydrogens is 552 g/mol. The summed E-state index contributed by atoms with van der Waals surface area (Å²) in [6.45, 7) is 15.1. The fourth-order valence-corrected chi connectivity index (χ4v) is 3.25. The average Bonchev–Trinajstić information content (AvgIpc) is 3.00. The Kier molecular flexibility index (Phi) is 40.1. The summed E-state index contributed by atoms with van der Waals surface area (Å²) < 4.78 is 64.9. The lowest BCUT2D eigenvalue weighted by molar-refractivity contribution is -0.0280. The Balaban J connectivity index is 3.02. The van der Waals surface area contributed by atoms with E-state index >= 15 is 0 Å². The molecule has 0 bridgehead atoms. The molecule has 0 aromatic carbocycles. The van der Waals surface area contributed by atoms with Crippen molar-refractivity contribution in [2.24, 2.45) is 0 Å². The van der Waals surface area contributed by atoms with Crippen molar-refractivity contribution in [1.29, 1.82) is 0 Å². The lowest BCUT2D eigenvalue weighted by Gasteiger charge is -2.09. The van der Waals surface area contributed by atoms with Crippen molar-refractivity contribution in [3.63, 3.8) is 0 Å². The molecule has 0 aromatic heterocycles. The summed E-state index contributed by atoms with van der Waals surface area (Å²) in [5, 5.41) is 0. The molecule has 254 valence electrons. The lowest BCUT2D eigenvalue weighted by atomic mass is 10.2. The molecule has 0 fully saturated rings. The maximum Gasteiger partial charge on any atom is 0.0701 e. The number of unbranched alkanes of at least 4 members (excludes halogenated alkanes) is 4. The Bertz CT molecular complexity index is 422. The Hall–Kier alpha value is -0.480. The summed E-state index contributed by atoms with van der Waals surface area (Å²) in [7, 11) is 1.65. The molecule has 0 N–H and O–H groups in total. The largest absolute Gasteiger partial charge is 0.382 e. The van der Waals surface area contributed by atoms with Gasteiger partial charge in [0.05, 0.1) is 145 Å². The molecule has 42 heavy (non-hydrogen) atoms. The van der Waals surface area contributed by atoms with Gasteiger partial charge in [-0.05, 0) is 6.42 Å². The minimum Gasteiger partial charge on any atom is -0.382 e. The highest BCUT2D eigenvalue weighted by molar-refractivity contribution is 4.42. The van der Waals surface area contributed by atoms with E-state index in [0.717, 1.165) is 13.0 Å². The van der Waals surface area contributed by atoms with Crippen molar-refractivity contribution in [2.45, 2.75) is 39.0 Å². The molecule has 0 rings (SSSR count).